The molecule has 352 valence electrons. The second-order valence-electron chi connectivity index (χ2n) is 22.1. The summed E-state index contributed by atoms with van der Waals surface area (Å²) in [6.07, 6.45) is 16.5. The molecule has 3 nitrogen and oxygen atoms in total. The molecule has 2 aliphatic carbocycles. The van der Waals surface area contributed by atoms with Crippen LogP contribution in [-0.2, 0) is 5.41 Å². The van der Waals surface area contributed by atoms with Crippen LogP contribution in [0.25, 0.3) is 61.6 Å². The maximum atomic E-state index is 7.17. The lowest BCUT2D eigenvalue weighted by Gasteiger charge is -2.40. The summed E-state index contributed by atoms with van der Waals surface area (Å²) in [5.41, 5.74) is 22.5. The number of hydrogen-bond acceptors (Lipinski definition) is 2. The van der Waals surface area contributed by atoms with Gasteiger partial charge in [0.15, 0.2) is 0 Å². The zero-order valence-corrected chi connectivity index (χ0v) is 43.0. The fourth-order valence-corrected chi connectivity index (χ4v) is 11.6. The molecule has 8 aromatic rings. The molecule has 0 radical (unpaired) electrons. The summed E-state index contributed by atoms with van der Waals surface area (Å²) in [6, 6.07) is 53.0. The number of aromatic nitrogens is 3. The van der Waals surface area contributed by atoms with Crippen molar-refractivity contribution in [1.82, 2.24) is 14.5 Å². The molecule has 0 spiro atoms. The van der Waals surface area contributed by atoms with Crippen LogP contribution in [-0.4, -0.2) is 14.5 Å². The van der Waals surface area contributed by atoms with Crippen molar-refractivity contribution in [2.24, 2.45) is 11.3 Å². The first-order chi connectivity index (χ1) is 33.7. The van der Waals surface area contributed by atoms with Crippen molar-refractivity contribution >= 4 is 17.3 Å². The third-order valence-corrected chi connectivity index (χ3v) is 15.7. The van der Waals surface area contributed by atoms with E-state index >= 15 is 0 Å². The summed E-state index contributed by atoms with van der Waals surface area (Å²) < 4.78 is 2.41. The zero-order valence-electron chi connectivity index (χ0n) is 42.2. The SMILES string of the molecule is Cc1cc(-c2ccc(-c3cc(C(C)(C)C)ccc3C3CC(C4=C(n5ccc(-c6cc(C)c(-c7ccccc7)cn6)c5)C=C(C(C)(C)C)CC4)CC(c4ccccc4Cl)C3)cc2)ncc1-c1ccccc1. The molecule has 3 unspecified atom stereocenters. The summed E-state index contributed by atoms with van der Waals surface area (Å²) in [4.78, 5) is 10.0. The van der Waals surface area contributed by atoms with E-state index in [0.29, 0.717) is 17.8 Å². The Labute approximate surface area is 422 Å². The van der Waals surface area contributed by atoms with Crippen LogP contribution in [0.4, 0.5) is 0 Å². The Hall–Kier alpha value is -6.55. The number of nitrogens with zero attached hydrogens (tertiary/aromatic N) is 3. The molecule has 3 aromatic heterocycles. The minimum Gasteiger partial charge on any atom is -0.323 e. The summed E-state index contributed by atoms with van der Waals surface area (Å²) in [5, 5.41) is 0.871. The minimum atomic E-state index is -0.00294. The molecule has 3 heterocycles. The molecule has 1 fully saturated rings. The van der Waals surface area contributed by atoms with Gasteiger partial charge in [-0.2, -0.15) is 0 Å². The smallest absolute Gasteiger partial charge is 0.0720 e. The molecule has 0 bridgehead atoms. The van der Waals surface area contributed by atoms with Crippen LogP contribution in [0.15, 0.2) is 188 Å². The summed E-state index contributed by atoms with van der Waals surface area (Å²) >= 11 is 7.17. The largest absolute Gasteiger partial charge is 0.323 e. The van der Waals surface area contributed by atoms with Gasteiger partial charge in [0.1, 0.15) is 0 Å². The number of halogens is 1. The zero-order chi connectivity index (χ0) is 48.7. The molecule has 10 rings (SSSR count). The molecule has 0 N–H and O–H groups in total. The summed E-state index contributed by atoms with van der Waals surface area (Å²) in [7, 11) is 0. The Morgan fingerprint density at radius 3 is 1.63 bits per heavy atom. The molecule has 70 heavy (non-hydrogen) atoms. The first kappa shape index (κ1) is 47.1. The van der Waals surface area contributed by atoms with Crippen LogP contribution >= 0.6 is 11.6 Å². The first-order valence-electron chi connectivity index (χ1n) is 25.3. The van der Waals surface area contributed by atoms with Gasteiger partial charge in [0.2, 0.25) is 0 Å². The molecule has 4 heteroatoms. The third kappa shape index (κ3) is 9.79. The normalized spacial score (nSPS) is 17.7. The van der Waals surface area contributed by atoms with Crippen LogP contribution in [0.5, 0.6) is 0 Å². The molecule has 5 aromatic carbocycles. The molecule has 3 atom stereocenters. The van der Waals surface area contributed by atoms with Gasteiger partial charge in [-0.25, -0.2) is 0 Å². The van der Waals surface area contributed by atoms with Crippen molar-refractivity contribution in [3.05, 3.63) is 220 Å². The summed E-state index contributed by atoms with van der Waals surface area (Å²) in [5.74, 6) is 0.978. The fraction of sp³-hybridized carbons (Fsp3) is 0.273. The lowest BCUT2D eigenvalue weighted by Crippen LogP contribution is -2.25. The predicted molar refractivity (Wildman–Crippen MR) is 296 cm³/mol. The molecular formula is C66H66ClN3. The van der Waals surface area contributed by atoms with Crippen molar-refractivity contribution in [1.29, 1.82) is 0 Å². The van der Waals surface area contributed by atoms with Gasteiger partial charge in [0.25, 0.3) is 0 Å². The van der Waals surface area contributed by atoms with E-state index in [1.54, 1.807) is 5.57 Å². The number of pyridine rings is 2. The van der Waals surface area contributed by atoms with E-state index in [-0.39, 0.29) is 10.8 Å². The van der Waals surface area contributed by atoms with Crippen molar-refractivity contribution in [2.45, 2.75) is 105 Å². The van der Waals surface area contributed by atoms with Crippen molar-refractivity contribution in [2.75, 3.05) is 0 Å². The minimum absolute atomic E-state index is 0.00294. The van der Waals surface area contributed by atoms with Crippen molar-refractivity contribution in [3.8, 4) is 55.9 Å². The van der Waals surface area contributed by atoms with E-state index in [0.717, 1.165) is 59.6 Å². The summed E-state index contributed by atoms with van der Waals surface area (Å²) in [6.45, 7) is 18.4. The first-order valence-corrected chi connectivity index (χ1v) is 25.7. The highest BCUT2D eigenvalue weighted by Gasteiger charge is 2.37. The van der Waals surface area contributed by atoms with Gasteiger partial charge in [-0.05, 0) is 161 Å². The molecule has 0 saturated heterocycles. The van der Waals surface area contributed by atoms with Gasteiger partial charge in [-0.15, -0.1) is 0 Å². The lowest BCUT2D eigenvalue weighted by atomic mass is 9.65. The Bertz CT molecular complexity index is 3230. The van der Waals surface area contributed by atoms with Crippen LogP contribution < -0.4 is 0 Å². The number of benzene rings is 5. The van der Waals surface area contributed by atoms with E-state index in [2.05, 4.69) is 224 Å². The molecule has 0 aliphatic heterocycles. The quantitative estimate of drug-likeness (QED) is 0.144. The van der Waals surface area contributed by atoms with E-state index in [1.807, 2.05) is 12.4 Å². The van der Waals surface area contributed by atoms with Crippen LogP contribution in [0.3, 0.4) is 0 Å². The Morgan fingerprint density at radius 2 is 1.04 bits per heavy atom. The standard InChI is InChI=1S/C66H66ClN3/c1-43-33-62(68-40-59(43)45-17-11-9-12-18-45)48-25-23-47(24-26-48)58-38-53(65(3,4)5)27-29-55(58)50-35-51(56-21-15-16-22-61(56)67)37-52(36-50)57-30-28-54(66(6,7)8)39-64(57)70-32-31-49(42-70)63-34-44(2)60(41-69-63)46-19-13-10-14-20-46/h9-27,29,31-34,38-42,50-52H,28,30,35-37H2,1-8H3. The van der Waals surface area contributed by atoms with E-state index in [9.17, 15) is 0 Å². The number of hydrogen-bond donors (Lipinski definition) is 0. The van der Waals surface area contributed by atoms with Gasteiger partial charge in [0.05, 0.1) is 11.4 Å². The van der Waals surface area contributed by atoms with Crippen molar-refractivity contribution in [3.63, 3.8) is 0 Å². The van der Waals surface area contributed by atoms with E-state index in [4.69, 9.17) is 21.6 Å². The monoisotopic (exact) mass is 935 g/mol. The highest BCUT2D eigenvalue weighted by Crippen LogP contribution is 2.53. The third-order valence-electron chi connectivity index (χ3n) is 15.3. The Kier molecular flexibility index (Phi) is 13.0. The van der Waals surface area contributed by atoms with Crippen LogP contribution in [0.2, 0.25) is 5.02 Å². The van der Waals surface area contributed by atoms with Gasteiger partial charge in [-0.1, -0.05) is 180 Å². The number of aryl methyl sites for hydroxylation is 2. The maximum absolute atomic E-state index is 7.17. The fourth-order valence-electron chi connectivity index (χ4n) is 11.3. The average Bonchev–Trinajstić information content (AvgIpc) is 3.87. The maximum Gasteiger partial charge on any atom is 0.0720 e. The molecule has 0 amide bonds. The van der Waals surface area contributed by atoms with Gasteiger partial charge in [0, 0.05) is 57.8 Å². The van der Waals surface area contributed by atoms with Crippen LogP contribution in [0.1, 0.15) is 113 Å². The highest BCUT2D eigenvalue weighted by atomic mass is 35.5. The van der Waals surface area contributed by atoms with Gasteiger partial charge >= 0.3 is 0 Å². The van der Waals surface area contributed by atoms with Gasteiger partial charge in [-0.3, -0.25) is 9.97 Å². The highest BCUT2D eigenvalue weighted by molar-refractivity contribution is 6.31. The molecular weight excluding hydrogens is 870 g/mol. The van der Waals surface area contributed by atoms with Crippen LogP contribution in [0, 0.1) is 25.2 Å². The lowest BCUT2D eigenvalue weighted by molar-refractivity contribution is 0.314. The number of allylic oxidation sites excluding steroid dienone is 4. The van der Waals surface area contributed by atoms with Crippen molar-refractivity contribution < 1.29 is 0 Å². The second-order valence-corrected chi connectivity index (χ2v) is 22.5. The molecule has 1 saturated carbocycles. The van der Waals surface area contributed by atoms with E-state index < -0.39 is 0 Å². The predicted octanol–water partition coefficient (Wildman–Crippen LogP) is 18.5. The van der Waals surface area contributed by atoms with Gasteiger partial charge < -0.3 is 4.57 Å². The van der Waals surface area contributed by atoms with E-state index in [1.165, 1.54) is 72.5 Å². The second kappa shape index (κ2) is 19.3. The topological polar surface area (TPSA) is 30.7 Å². The number of rotatable bonds is 9. The average molecular weight is 937 g/mol. The Morgan fingerprint density at radius 1 is 0.500 bits per heavy atom. The molecule has 2 aliphatic rings. The Balaban J connectivity index is 1.04.